The lowest BCUT2D eigenvalue weighted by atomic mass is 10.2. The number of rotatable bonds is 5. The van der Waals surface area contributed by atoms with Crippen molar-refractivity contribution in [2.45, 2.75) is 26.4 Å². The zero-order valence-corrected chi connectivity index (χ0v) is 16.3. The lowest BCUT2D eigenvalue weighted by molar-refractivity contribution is 0.460. The van der Waals surface area contributed by atoms with E-state index in [1.54, 1.807) is 12.3 Å². The molecule has 1 N–H and O–H groups in total. The van der Waals surface area contributed by atoms with Crippen LogP contribution in [0.1, 0.15) is 25.1 Å². The Balaban J connectivity index is 1.67. The minimum Gasteiger partial charge on any atom is -0.437 e. The summed E-state index contributed by atoms with van der Waals surface area (Å²) in [4.78, 5) is 11.3. The SMILES string of the molecule is CC(C)N(Cc1ccccc1)c1nccc(C(C#N)=C2Nc3ccccc3O2)n1. The smallest absolute Gasteiger partial charge is 0.226 e. The number of hydrogen-bond acceptors (Lipinski definition) is 6. The molecule has 144 valence electrons. The molecule has 0 spiro atoms. The Kier molecular flexibility index (Phi) is 5.12. The van der Waals surface area contributed by atoms with Gasteiger partial charge in [-0.05, 0) is 37.6 Å². The van der Waals surface area contributed by atoms with Crippen LogP contribution in [0, 0.1) is 11.3 Å². The number of nitrogens with one attached hydrogen (secondary N) is 1. The van der Waals surface area contributed by atoms with E-state index in [1.165, 1.54) is 5.56 Å². The van der Waals surface area contributed by atoms with Crippen LogP contribution in [0.5, 0.6) is 5.75 Å². The van der Waals surface area contributed by atoms with E-state index in [0.29, 0.717) is 35.4 Å². The maximum absolute atomic E-state index is 9.79. The lowest BCUT2D eigenvalue weighted by Crippen LogP contribution is -2.32. The van der Waals surface area contributed by atoms with Gasteiger partial charge in [-0.25, -0.2) is 9.97 Å². The number of para-hydroxylation sites is 2. The van der Waals surface area contributed by atoms with Gasteiger partial charge < -0.3 is 15.0 Å². The molecule has 1 aliphatic rings. The fraction of sp³-hybridized carbons (Fsp3) is 0.174. The first-order chi connectivity index (χ1) is 14.2. The molecule has 0 atom stereocenters. The molecule has 0 radical (unpaired) electrons. The van der Waals surface area contributed by atoms with Crippen LogP contribution in [0.3, 0.4) is 0 Å². The van der Waals surface area contributed by atoms with E-state index < -0.39 is 0 Å². The first-order valence-electron chi connectivity index (χ1n) is 9.48. The van der Waals surface area contributed by atoms with Crippen molar-refractivity contribution >= 4 is 17.2 Å². The second kappa shape index (κ2) is 8.03. The number of ether oxygens (including phenoxy) is 1. The Hall–Kier alpha value is -3.85. The molecule has 1 aromatic heterocycles. The second-order valence-electron chi connectivity index (χ2n) is 6.99. The second-order valence-corrected chi connectivity index (χ2v) is 6.99. The summed E-state index contributed by atoms with van der Waals surface area (Å²) in [5.41, 5.74) is 2.86. The number of allylic oxidation sites excluding steroid dienone is 1. The largest absolute Gasteiger partial charge is 0.437 e. The third-order valence-electron chi connectivity index (χ3n) is 4.66. The minimum absolute atomic E-state index is 0.189. The normalized spacial score (nSPS) is 13.9. The van der Waals surface area contributed by atoms with Crippen molar-refractivity contribution in [3.05, 3.63) is 84.0 Å². The van der Waals surface area contributed by atoms with Crippen molar-refractivity contribution in [2.75, 3.05) is 10.2 Å². The Morgan fingerprint density at radius 1 is 1.10 bits per heavy atom. The molecule has 3 aromatic rings. The van der Waals surface area contributed by atoms with Crippen LogP contribution in [0.2, 0.25) is 0 Å². The minimum atomic E-state index is 0.189. The summed E-state index contributed by atoms with van der Waals surface area (Å²) >= 11 is 0. The van der Waals surface area contributed by atoms with E-state index in [9.17, 15) is 5.26 Å². The summed E-state index contributed by atoms with van der Waals surface area (Å²) in [6.07, 6.45) is 1.68. The molecular weight excluding hydrogens is 362 g/mol. The van der Waals surface area contributed by atoms with Gasteiger partial charge in [-0.2, -0.15) is 5.26 Å². The van der Waals surface area contributed by atoms with E-state index in [4.69, 9.17) is 4.74 Å². The zero-order valence-electron chi connectivity index (χ0n) is 16.3. The summed E-state index contributed by atoms with van der Waals surface area (Å²) in [5, 5.41) is 12.9. The van der Waals surface area contributed by atoms with Crippen LogP contribution in [-0.2, 0) is 6.54 Å². The predicted octanol–water partition coefficient (Wildman–Crippen LogP) is 4.59. The molecule has 0 amide bonds. The summed E-state index contributed by atoms with van der Waals surface area (Å²) < 4.78 is 5.83. The zero-order chi connectivity index (χ0) is 20.2. The van der Waals surface area contributed by atoms with Crippen molar-refractivity contribution < 1.29 is 4.74 Å². The average molecular weight is 383 g/mol. The van der Waals surface area contributed by atoms with Crippen LogP contribution < -0.4 is 15.0 Å². The highest BCUT2D eigenvalue weighted by Gasteiger charge is 2.23. The van der Waals surface area contributed by atoms with Gasteiger partial charge in [-0.3, -0.25) is 0 Å². The number of nitriles is 1. The standard InChI is InChI=1S/C23H21N5O/c1-16(2)28(15-17-8-4-3-5-9-17)23-25-13-12-19(27-23)18(14-24)22-26-20-10-6-7-11-21(20)29-22/h3-13,16,26H,15H2,1-2H3. The van der Waals surface area contributed by atoms with E-state index in [2.05, 4.69) is 52.2 Å². The van der Waals surface area contributed by atoms with Crippen LogP contribution in [-0.4, -0.2) is 16.0 Å². The van der Waals surface area contributed by atoms with Gasteiger partial charge >= 0.3 is 0 Å². The highest BCUT2D eigenvalue weighted by molar-refractivity contribution is 5.81. The fourth-order valence-electron chi connectivity index (χ4n) is 3.14. The number of benzene rings is 2. The van der Waals surface area contributed by atoms with Crippen LogP contribution in [0.25, 0.3) is 5.57 Å². The molecule has 4 rings (SSSR count). The van der Waals surface area contributed by atoms with Gasteiger partial charge in [0, 0.05) is 18.8 Å². The Morgan fingerprint density at radius 3 is 2.59 bits per heavy atom. The molecule has 0 fully saturated rings. The molecule has 6 heteroatoms. The van der Waals surface area contributed by atoms with Gasteiger partial charge in [-0.1, -0.05) is 42.5 Å². The number of hydrogen-bond donors (Lipinski definition) is 1. The Morgan fingerprint density at radius 2 is 1.86 bits per heavy atom. The molecule has 6 nitrogen and oxygen atoms in total. The van der Waals surface area contributed by atoms with Crippen LogP contribution >= 0.6 is 0 Å². The topological polar surface area (TPSA) is 74.1 Å². The summed E-state index contributed by atoms with van der Waals surface area (Å²) in [7, 11) is 0. The molecule has 29 heavy (non-hydrogen) atoms. The van der Waals surface area contributed by atoms with Crippen molar-refractivity contribution in [3.8, 4) is 11.8 Å². The lowest BCUT2D eigenvalue weighted by Gasteiger charge is -2.27. The first-order valence-corrected chi connectivity index (χ1v) is 9.48. The van der Waals surface area contributed by atoms with Gasteiger partial charge in [0.1, 0.15) is 11.6 Å². The van der Waals surface area contributed by atoms with Crippen molar-refractivity contribution in [1.82, 2.24) is 9.97 Å². The van der Waals surface area contributed by atoms with E-state index >= 15 is 0 Å². The number of anilines is 2. The van der Waals surface area contributed by atoms with Crippen molar-refractivity contribution in [1.29, 1.82) is 5.26 Å². The van der Waals surface area contributed by atoms with Crippen LogP contribution in [0.4, 0.5) is 11.6 Å². The number of fused-ring (bicyclic) bond motifs is 1. The van der Waals surface area contributed by atoms with Gasteiger partial charge in [0.15, 0.2) is 5.75 Å². The molecule has 0 saturated heterocycles. The highest BCUT2D eigenvalue weighted by atomic mass is 16.5. The molecule has 0 bridgehead atoms. The Labute approximate surface area is 170 Å². The predicted molar refractivity (Wildman–Crippen MR) is 113 cm³/mol. The maximum atomic E-state index is 9.79. The third-order valence-corrected chi connectivity index (χ3v) is 4.66. The Bertz CT molecular complexity index is 1060. The van der Waals surface area contributed by atoms with E-state index in [0.717, 1.165) is 5.69 Å². The van der Waals surface area contributed by atoms with Gasteiger partial charge in [0.05, 0.1) is 11.4 Å². The van der Waals surface area contributed by atoms with Crippen molar-refractivity contribution in [2.24, 2.45) is 0 Å². The molecule has 2 heterocycles. The van der Waals surface area contributed by atoms with Gasteiger partial charge in [-0.15, -0.1) is 0 Å². The first kappa shape index (κ1) is 18.5. The third kappa shape index (κ3) is 3.90. The monoisotopic (exact) mass is 383 g/mol. The number of nitrogens with zero attached hydrogens (tertiary/aromatic N) is 4. The summed E-state index contributed by atoms with van der Waals surface area (Å²) in [6, 6.07) is 21.9. The summed E-state index contributed by atoms with van der Waals surface area (Å²) in [5.74, 6) is 1.65. The average Bonchev–Trinajstić information content (AvgIpc) is 3.17. The maximum Gasteiger partial charge on any atom is 0.226 e. The fourth-order valence-corrected chi connectivity index (χ4v) is 3.14. The molecule has 0 saturated carbocycles. The molecule has 1 aliphatic heterocycles. The van der Waals surface area contributed by atoms with E-state index in [-0.39, 0.29) is 6.04 Å². The molecule has 0 aliphatic carbocycles. The number of aromatic nitrogens is 2. The highest BCUT2D eigenvalue weighted by Crippen LogP contribution is 2.35. The van der Waals surface area contributed by atoms with E-state index in [1.807, 2.05) is 42.5 Å². The van der Waals surface area contributed by atoms with Crippen molar-refractivity contribution in [3.63, 3.8) is 0 Å². The quantitative estimate of drug-likeness (QED) is 0.650. The molecule has 2 aromatic carbocycles. The summed E-state index contributed by atoms with van der Waals surface area (Å²) in [6.45, 7) is 4.88. The van der Waals surface area contributed by atoms with Crippen LogP contribution in [0.15, 0.2) is 72.7 Å². The molecule has 0 unspecified atom stereocenters. The molecular formula is C23H21N5O. The van der Waals surface area contributed by atoms with Gasteiger partial charge in [0.25, 0.3) is 0 Å². The van der Waals surface area contributed by atoms with Gasteiger partial charge in [0.2, 0.25) is 11.8 Å².